The van der Waals surface area contributed by atoms with Crippen molar-refractivity contribution in [2.45, 2.75) is 12.8 Å². The number of likely N-dealkylation sites (N-methyl/N-ethyl adjacent to an activating group) is 1. The van der Waals surface area contributed by atoms with Gasteiger partial charge in [0.2, 0.25) is 0 Å². The van der Waals surface area contributed by atoms with Crippen molar-refractivity contribution >= 4 is 15.9 Å². The van der Waals surface area contributed by atoms with E-state index in [-0.39, 0.29) is 5.75 Å². The number of nitrogens with zero attached hydrogens (tertiary/aromatic N) is 2. The summed E-state index contributed by atoms with van der Waals surface area (Å²) in [5.74, 6) is 0.712. The number of ether oxygens (including phenoxy) is 1. The van der Waals surface area contributed by atoms with Crippen LogP contribution in [0.4, 0.5) is 0 Å². The third kappa shape index (κ3) is 4.11. The first-order chi connectivity index (χ1) is 9.60. The largest absolute Gasteiger partial charge is 0.503 e. The molecule has 2 rings (SSSR count). The molecule has 20 heavy (non-hydrogen) atoms. The van der Waals surface area contributed by atoms with E-state index in [1.807, 2.05) is 12.1 Å². The molecular weight excluding hydrogens is 320 g/mol. The number of methoxy groups -OCH3 is 1. The van der Waals surface area contributed by atoms with Crippen molar-refractivity contribution in [2.24, 2.45) is 0 Å². The molecule has 0 atom stereocenters. The molecule has 5 heteroatoms. The molecule has 1 fully saturated rings. The highest BCUT2D eigenvalue weighted by molar-refractivity contribution is 9.10. The lowest BCUT2D eigenvalue weighted by Crippen LogP contribution is -2.44. The molecule has 1 aromatic carbocycles. The van der Waals surface area contributed by atoms with Crippen molar-refractivity contribution in [3.8, 4) is 11.5 Å². The van der Waals surface area contributed by atoms with Crippen LogP contribution < -0.4 is 4.74 Å². The topological polar surface area (TPSA) is 35.9 Å². The van der Waals surface area contributed by atoms with Gasteiger partial charge in [0, 0.05) is 26.2 Å². The van der Waals surface area contributed by atoms with Crippen LogP contribution in [0.2, 0.25) is 0 Å². The zero-order valence-electron chi connectivity index (χ0n) is 12.2. The van der Waals surface area contributed by atoms with Gasteiger partial charge in [-0.25, -0.2) is 0 Å². The molecule has 0 aromatic heterocycles. The second kappa shape index (κ2) is 7.29. The molecule has 0 spiro atoms. The van der Waals surface area contributed by atoms with E-state index in [9.17, 15) is 5.11 Å². The number of phenolic OH excluding ortho intramolecular Hbond substituents is 1. The first-order valence-electron chi connectivity index (χ1n) is 7.06. The number of phenols is 1. The molecule has 0 radical (unpaired) electrons. The molecule has 112 valence electrons. The van der Waals surface area contributed by atoms with Gasteiger partial charge < -0.3 is 19.6 Å². The van der Waals surface area contributed by atoms with Crippen LogP contribution in [0, 0.1) is 0 Å². The smallest absolute Gasteiger partial charge is 0.172 e. The lowest BCUT2D eigenvalue weighted by atomic mass is 10.1. The van der Waals surface area contributed by atoms with E-state index in [0.29, 0.717) is 10.2 Å². The van der Waals surface area contributed by atoms with Crippen LogP contribution in [-0.4, -0.2) is 61.8 Å². The fraction of sp³-hybridized carbons (Fsp3) is 0.600. The lowest BCUT2D eigenvalue weighted by molar-refractivity contribution is 0.153. The minimum absolute atomic E-state index is 0.176. The molecule has 1 aromatic rings. The maximum atomic E-state index is 9.79. The summed E-state index contributed by atoms with van der Waals surface area (Å²) in [4.78, 5) is 4.89. The van der Waals surface area contributed by atoms with Gasteiger partial charge in [-0.15, -0.1) is 0 Å². The van der Waals surface area contributed by atoms with Crippen LogP contribution in [0.25, 0.3) is 0 Å². The van der Waals surface area contributed by atoms with E-state index in [1.54, 1.807) is 7.11 Å². The number of hydrogen-bond acceptors (Lipinski definition) is 4. The number of benzene rings is 1. The van der Waals surface area contributed by atoms with Gasteiger partial charge in [0.1, 0.15) is 0 Å². The molecule has 1 saturated heterocycles. The van der Waals surface area contributed by atoms with Gasteiger partial charge >= 0.3 is 0 Å². The number of halogens is 1. The Kier molecular flexibility index (Phi) is 5.69. The highest BCUT2D eigenvalue weighted by atomic mass is 79.9. The number of aryl methyl sites for hydroxylation is 1. The van der Waals surface area contributed by atoms with Gasteiger partial charge in [-0.05, 0) is 60.1 Å². The Balaban J connectivity index is 1.83. The highest BCUT2D eigenvalue weighted by Gasteiger charge is 2.13. The Morgan fingerprint density at radius 3 is 2.60 bits per heavy atom. The van der Waals surface area contributed by atoms with Gasteiger partial charge in [-0.2, -0.15) is 0 Å². The molecule has 1 aliphatic heterocycles. The van der Waals surface area contributed by atoms with E-state index in [4.69, 9.17) is 4.74 Å². The second-order valence-electron chi connectivity index (χ2n) is 5.38. The Morgan fingerprint density at radius 2 is 1.95 bits per heavy atom. The zero-order valence-corrected chi connectivity index (χ0v) is 13.8. The van der Waals surface area contributed by atoms with Crippen LogP contribution in [0.15, 0.2) is 16.6 Å². The molecular formula is C15H23BrN2O2. The Bertz CT molecular complexity index is 446. The molecule has 1 heterocycles. The number of piperazine rings is 1. The Morgan fingerprint density at radius 1 is 1.25 bits per heavy atom. The molecule has 4 nitrogen and oxygen atoms in total. The zero-order chi connectivity index (χ0) is 14.5. The van der Waals surface area contributed by atoms with Crippen LogP contribution in [0.5, 0.6) is 11.5 Å². The maximum Gasteiger partial charge on any atom is 0.172 e. The summed E-state index contributed by atoms with van der Waals surface area (Å²) in [6, 6.07) is 3.89. The third-order valence-corrected chi connectivity index (χ3v) is 4.45. The van der Waals surface area contributed by atoms with E-state index < -0.39 is 0 Å². The maximum absolute atomic E-state index is 9.79. The molecule has 0 aliphatic carbocycles. The summed E-state index contributed by atoms with van der Waals surface area (Å²) in [5.41, 5.74) is 1.20. The summed E-state index contributed by atoms with van der Waals surface area (Å²) in [7, 11) is 3.76. The average Bonchev–Trinajstić information content (AvgIpc) is 2.44. The first kappa shape index (κ1) is 15.6. The summed E-state index contributed by atoms with van der Waals surface area (Å²) < 4.78 is 5.88. The average molecular weight is 343 g/mol. The van der Waals surface area contributed by atoms with Crippen LogP contribution in [0.1, 0.15) is 12.0 Å². The van der Waals surface area contributed by atoms with E-state index in [2.05, 4.69) is 32.8 Å². The van der Waals surface area contributed by atoms with Crippen molar-refractivity contribution in [1.29, 1.82) is 0 Å². The minimum Gasteiger partial charge on any atom is -0.503 e. The quantitative estimate of drug-likeness (QED) is 0.890. The minimum atomic E-state index is 0.176. The highest BCUT2D eigenvalue weighted by Crippen LogP contribution is 2.35. The van der Waals surface area contributed by atoms with Gasteiger partial charge in [0.15, 0.2) is 11.5 Å². The lowest BCUT2D eigenvalue weighted by Gasteiger charge is -2.32. The molecule has 0 saturated carbocycles. The number of aromatic hydroxyl groups is 1. The monoisotopic (exact) mass is 342 g/mol. The van der Waals surface area contributed by atoms with Crippen LogP contribution in [-0.2, 0) is 6.42 Å². The van der Waals surface area contributed by atoms with Crippen LogP contribution in [0.3, 0.4) is 0 Å². The van der Waals surface area contributed by atoms with Gasteiger partial charge in [0.25, 0.3) is 0 Å². The molecule has 1 aliphatic rings. The first-order valence-corrected chi connectivity index (χ1v) is 7.85. The van der Waals surface area contributed by atoms with E-state index in [1.165, 1.54) is 31.7 Å². The van der Waals surface area contributed by atoms with Gasteiger partial charge in [-0.1, -0.05) is 0 Å². The molecule has 1 N–H and O–H groups in total. The van der Waals surface area contributed by atoms with E-state index in [0.717, 1.165) is 19.4 Å². The van der Waals surface area contributed by atoms with Gasteiger partial charge in [-0.3, -0.25) is 0 Å². The molecule has 0 unspecified atom stereocenters. The number of hydrogen-bond donors (Lipinski definition) is 1. The number of rotatable bonds is 5. The fourth-order valence-corrected chi connectivity index (χ4v) is 2.99. The van der Waals surface area contributed by atoms with Crippen molar-refractivity contribution < 1.29 is 9.84 Å². The van der Waals surface area contributed by atoms with Gasteiger partial charge in [0.05, 0.1) is 11.6 Å². The Hall–Kier alpha value is -0.780. The molecule has 0 amide bonds. The van der Waals surface area contributed by atoms with Crippen LogP contribution >= 0.6 is 15.9 Å². The molecule has 0 bridgehead atoms. The second-order valence-corrected chi connectivity index (χ2v) is 6.23. The standard InChI is InChI=1S/C15H23BrN2O2/c1-17-6-8-18(9-7-17)5-3-4-12-10-13(16)15(19)14(11-12)20-2/h10-11,19H,3-9H2,1-2H3. The fourth-order valence-electron chi connectivity index (χ4n) is 2.51. The predicted molar refractivity (Wildman–Crippen MR) is 84.6 cm³/mol. The summed E-state index contributed by atoms with van der Waals surface area (Å²) in [6.07, 6.45) is 2.13. The Labute approximate surface area is 129 Å². The van der Waals surface area contributed by atoms with Crippen molar-refractivity contribution in [3.63, 3.8) is 0 Å². The SMILES string of the molecule is COc1cc(CCCN2CCN(C)CC2)cc(Br)c1O. The summed E-state index contributed by atoms with van der Waals surface area (Å²) in [5, 5.41) is 9.79. The van der Waals surface area contributed by atoms with Crippen molar-refractivity contribution in [1.82, 2.24) is 9.80 Å². The van der Waals surface area contributed by atoms with E-state index >= 15 is 0 Å². The summed E-state index contributed by atoms with van der Waals surface area (Å²) in [6.45, 7) is 5.80. The third-order valence-electron chi connectivity index (χ3n) is 3.84. The summed E-state index contributed by atoms with van der Waals surface area (Å²) >= 11 is 3.37. The normalized spacial score (nSPS) is 17.4. The van der Waals surface area contributed by atoms with Crippen molar-refractivity contribution in [3.05, 3.63) is 22.2 Å². The van der Waals surface area contributed by atoms with Crippen molar-refractivity contribution in [2.75, 3.05) is 46.9 Å². The predicted octanol–water partition coefficient (Wildman–Crippen LogP) is 2.34.